The Morgan fingerprint density at radius 2 is 1.87 bits per heavy atom. The fourth-order valence-electron chi connectivity index (χ4n) is 4.02. The van der Waals surface area contributed by atoms with Gasteiger partial charge in [0.05, 0.1) is 6.54 Å². The van der Waals surface area contributed by atoms with E-state index in [9.17, 15) is 14.4 Å². The molecular weight excluding hydrogens is 298 g/mol. The number of nitrogens with one attached hydrogen (secondary N) is 2. The molecule has 1 amide bonds. The molecule has 1 aromatic rings. The quantitative estimate of drug-likeness (QED) is 0.646. The Morgan fingerprint density at radius 1 is 1.09 bits per heavy atom. The van der Waals surface area contributed by atoms with Crippen molar-refractivity contribution in [1.29, 1.82) is 0 Å². The summed E-state index contributed by atoms with van der Waals surface area (Å²) in [5.74, 6) is 0.105. The molecule has 8 nitrogen and oxygen atoms in total. The van der Waals surface area contributed by atoms with Crippen molar-refractivity contribution in [2.45, 2.75) is 32.0 Å². The summed E-state index contributed by atoms with van der Waals surface area (Å²) in [5.41, 5.74) is 0.319. The second-order valence-corrected chi connectivity index (χ2v) is 6.73. The summed E-state index contributed by atoms with van der Waals surface area (Å²) in [7, 11) is 0. The van der Waals surface area contributed by atoms with Crippen LogP contribution >= 0.6 is 0 Å². The van der Waals surface area contributed by atoms with Crippen molar-refractivity contribution in [3.63, 3.8) is 0 Å². The molecule has 4 unspecified atom stereocenters. The average Bonchev–Trinajstić information content (AvgIpc) is 2.54. The molecule has 8 heteroatoms. The molecule has 2 N–H and O–H groups in total. The molecular formula is C15H21N5O3. The number of aromatic amines is 2. The minimum Gasteiger partial charge on any atom is -0.335 e. The molecule has 3 fully saturated rings. The summed E-state index contributed by atoms with van der Waals surface area (Å²) in [5, 5.41) is 0. The number of carbonyl (C=O) groups excluding carboxylic acids is 1. The number of rotatable bonds is 1. The lowest BCUT2D eigenvalue weighted by Gasteiger charge is -2.51. The van der Waals surface area contributed by atoms with E-state index in [-0.39, 0.29) is 17.5 Å². The molecule has 1 aromatic heterocycles. The van der Waals surface area contributed by atoms with Gasteiger partial charge in [0, 0.05) is 50.0 Å². The zero-order valence-corrected chi connectivity index (χ0v) is 13.2. The molecule has 4 atom stereocenters. The van der Waals surface area contributed by atoms with Crippen molar-refractivity contribution in [1.82, 2.24) is 24.7 Å². The third-order valence-corrected chi connectivity index (χ3v) is 5.35. The standard InChI is InChI=1S/C15H21N5O3/c1-9-6-19-5-4-18(9)8-12(19)14(22)20-3-2-10-11(7-20)16-15(23)17-13(10)21/h9,12H,2-8H2,1H3,(H2,16,17,21,23). The maximum Gasteiger partial charge on any atom is 0.325 e. The fourth-order valence-corrected chi connectivity index (χ4v) is 4.02. The van der Waals surface area contributed by atoms with Gasteiger partial charge < -0.3 is 9.88 Å². The van der Waals surface area contributed by atoms with Crippen LogP contribution in [0.3, 0.4) is 0 Å². The highest BCUT2D eigenvalue weighted by Gasteiger charge is 2.41. The number of fused-ring (bicyclic) bond motifs is 4. The van der Waals surface area contributed by atoms with E-state index in [4.69, 9.17) is 0 Å². The minimum absolute atomic E-state index is 0.102. The van der Waals surface area contributed by atoms with Crippen LogP contribution in [0, 0.1) is 0 Å². The molecule has 0 saturated carbocycles. The zero-order valence-electron chi connectivity index (χ0n) is 13.2. The van der Waals surface area contributed by atoms with Gasteiger partial charge in [-0.05, 0) is 13.3 Å². The van der Waals surface area contributed by atoms with Crippen molar-refractivity contribution in [3.8, 4) is 0 Å². The van der Waals surface area contributed by atoms with Crippen LogP contribution in [0.1, 0.15) is 18.2 Å². The van der Waals surface area contributed by atoms with Crippen molar-refractivity contribution in [3.05, 3.63) is 32.1 Å². The molecule has 4 aliphatic rings. The van der Waals surface area contributed by atoms with Crippen LogP contribution in [0.15, 0.2) is 9.59 Å². The van der Waals surface area contributed by atoms with Crippen molar-refractivity contribution >= 4 is 5.91 Å². The van der Waals surface area contributed by atoms with Crippen LogP contribution < -0.4 is 11.2 Å². The van der Waals surface area contributed by atoms with Crippen LogP contribution in [-0.4, -0.2) is 75.4 Å². The van der Waals surface area contributed by atoms with E-state index in [1.807, 2.05) is 0 Å². The number of aromatic nitrogens is 2. The summed E-state index contributed by atoms with van der Waals surface area (Å²) in [4.78, 5) is 47.5. The average molecular weight is 319 g/mol. The highest BCUT2D eigenvalue weighted by atomic mass is 16.2. The van der Waals surface area contributed by atoms with Gasteiger partial charge in [-0.15, -0.1) is 0 Å². The van der Waals surface area contributed by atoms with Crippen LogP contribution in [0.25, 0.3) is 0 Å². The summed E-state index contributed by atoms with van der Waals surface area (Å²) in [6.45, 7) is 6.69. The maximum atomic E-state index is 12.9. The van der Waals surface area contributed by atoms with Crippen molar-refractivity contribution in [2.24, 2.45) is 0 Å². The van der Waals surface area contributed by atoms with Gasteiger partial charge in [0.15, 0.2) is 0 Å². The highest BCUT2D eigenvalue weighted by molar-refractivity contribution is 5.82. The van der Waals surface area contributed by atoms with E-state index in [1.54, 1.807) is 4.90 Å². The van der Waals surface area contributed by atoms with Gasteiger partial charge in [0.1, 0.15) is 6.04 Å². The first-order chi connectivity index (χ1) is 11.0. The molecule has 4 aliphatic heterocycles. The summed E-state index contributed by atoms with van der Waals surface area (Å²) in [6, 6.07) is 0.403. The Labute approximate surface area is 133 Å². The Bertz CT molecular complexity index is 754. The molecule has 0 radical (unpaired) electrons. The number of hydrogen-bond donors (Lipinski definition) is 2. The summed E-state index contributed by atoms with van der Waals surface area (Å²) < 4.78 is 0. The van der Waals surface area contributed by atoms with E-state index in [1.165, 1.54) is 0 Å². The van der Waals surface area contributed by atoms with E-state index < -0.39 is 5.69 Å². The topological polar surface area (TPSA) is 92.5 Å². The van der Waals surface area contributed by atoms with Crippen molar-refractivity contribution in [2.75, 3.05) is 32.7 Å². The fraction of sp³-hybridized carbons (Fsp3) is 0.667. The van der Waals surface area contributed by atoms with Gasteiger partial charge >= 0.3 is 5.69 Å². The third-order valence-electron chi connectivity index (χ3n) is 5.35. The molecule has 0 aliphatic carbocycles. The van der Waals surface area contributed by atoms with Crippen LogP contribution in [0.5, 0.6) is 0 Å². The number of nitrogens with zero attached hydrogens (tertiary/aromatic N) is 3. The van der Waals surface area contributed by atoms with Crippen molar-refractivity contribution < 1.29 is 4.79 Å². The molecule has 2 bridgehead atoms. The number of hydrogen-bond acceptors (Lipinski definition) is 5. The SMILES string of the molecule is CC1CN2CCN1CC2C(=O)N1CCc2c([nH]c(=O)[nH]c2=O)C1. The lowest BCUT2D eigenvalue weighted by molar-refractivity contribution is -0.145. The monoisotopic (exact) mass is 319 g/mol. The second kappa shape index (κ2) is 5.31. The molecule has 23 heavy (non-hydrogen) atoms. The lowest BCUT2D eigenvalue weighted by atomic mass is 10.00. The van der Waals surface area contributed by atoms with Gasteiger partial charge in [-0.3, -0.25) is 24.4 Å². The normalized spacial score (nSPS) is 32.7. The molecule has 5 rings (SSSR count). The smallest absolute Gasteiger partial charge is 0.325 e. The molecule has 0 aromatic carbocycles. The van der Waals surface area contributed by atoms with Crippen LogP contribution in [-0.2, 0) is 17.8 Å². The molecule has 124 valence electrons. The Morgan fingerprint density at radius 3 is 2.57 bits per heavy atom. The Kier molecular flexibility index (Phi) is 3.38. The Hall–Kier alpha value is -1.93. The van der Waals surface area contributed by atoms with E-state index in [2.05, 4.69) is 26.7 Å². The molecule has 5 heterocycles. The largest absolute Gasteiger partial charge is 0.335 e. The van der Waals surface area contributed by atoms with Gasteiger partial charge in [-0.25, -0.2) is 4.79 Å². The zero-order chi connectivity index (χ0) is 16.1. The lowest BCUT2D eigenvalue weighted by Crippen LogP contribution is -2.68. The highest BCUT2D eigenvalue weighted by Crippen LogP contribution is 2.23. The number of amides is 1. The number of H-pyrrole nitrogens is 2. The molecule has 0 spiro atoms. The maximum absolute atomic E-state index is 12.9. The Balaban J connectivity index is 1.54. The van der Waals surface area contributed by atoms with Crippen LogP contribution in [0.2, 0.25) is 0 Å². The van der Waals surface area contributed by atoms with Gasteiger partial charge in [-0.2, -0.15) is 0 Å². The first kappa shape index (κ1) is 14.6. The summed E-state index contributed by atoms with van der Waals surface area (Å²) >= 11 is 0. The second-order valence-electron chi connectivity index (χ2n) is 6.73. The van der Waals surface area contributed by atoms with Gasteiger partial charge in [-0.1, -0.05) is 0 Å². The summed E-state index contributed by atoms with van der Waals surface area (Å²) in [6.07, 6.45) is 0.486. The molecule has 3 saturated heterocycles. The first-order valence-corrected chi connectivity index (χ1v) is 8.14. The van der Waals surface area contributed by atoms with E-state index in [0.29, 0.717) is 36.8 Å². The van der Waals surface area contributed by atoms with Gasteiger partial charge in [0.25, 0.3) is 5.56 Å². The minimum atomic E-state index is -0.511. The number of piperazine rings is 3. The predicted molar refractivity (Wildman–Crippen MR) is 83.2 cm³/mol. The van der Waals surface area contributed by atoms with Gasteiger partial charge in [0.2, 0.25) is 5.91 Å². The first-order valence-electron chi connectivity index (χ1n) is 8.14. The predicted octanol–water partition coefficient (Wildman–Crippen LogP) is -1.66. The van der Waals surface area contributed by atoms with E-state index in [0.717, 1.165) is 26.2 Å². The van der Waals surface area contributed by atoms with Crippen LogP contribution in [0.4, 0.5) is 0 Å². The van der Waals surface area contributed by atoms with E-state index >= 15 is 0 Å². The number of carbonyl (C=O) groups is 1. The third kappa shape index (κ3) is 2.42.